The van der Waals surface area contributed by atoms with E-state index in [9.17, 15) is 4.79 Å². The number of aliphatic carboxylic acids is 1. The monoisotopic (exact) mass is 276 g/mol. The normalized spacial score (nSPS) is 20.7. The number of thiazole rings is 1. The molecule has 0 spiro atoms. The van der Waals surface area contributed by atoms with E-state index in [2.05, 4.69) is 16.0 Å². The van der Waals surface area contributed by atoms with Crippen LogP contribution in [-0.2, 0) is 11.3 Å². The van der Waals surface area contributed by atoms with E-state index < -0.39 is 5.97 Å². The second-order valence-electron chi connectivity index (χ2n) is 4.99. The Morgan fingerprint density at radius 2 is 2.32 bits per heavy atom. The molecular formula is C14H16N2O2S. The summed E-state index contributed by atoms with van der Waals surface area (Å²) in [5, 5.41) is 10.2. The van der Waals surface area contributed by atoms with Crippen LogP contribution in [0.15, 0.2) is 24.3 Å². The summed E-state index contributed by atoms with van der Waals surface area (Å²) in [5.41, 5.74) is 1.04. The third-order valence-electron chi connectivity index (χ3n) is 3.55. The van der Waals surface area contributed by atoms with Crippen molar-refractivity contribution in [1.82, 2.24) is 9.88 Å². The number of likely N-dealkylation sites (tertiary alicyclic amines) is 1. The van der Waals surface area contributed by atoms with Crippen LogP contribution in [0.5, 0.6) is 0 Å². The number of para-hydroxylation sites is 1. The minimum Gasteiger partial charge on any atom is -0.481 e. The number of fused-ring (bicyclic) bond motifs is 1. The Balaban J connectivity index is 1.72. The molecule has 4 nitrogen and oxygen atoms in total. The molecule has 100 valence electrons. The Bertz CT molecular complexity index is 563. The molecule has 2 aromatic rings. The molecule has 1 aliphatic rings. The number of hydrogen-bond donors (Lipinski definition) is 1. The van der Waals surface area contributed by atoms with Crippen molar-refractivity contribution in [3.8, 4) is 0 Å². The molecule has 1 saturated heterocycles. The van der Waals surface area contributed by atoms with Gasteiger partial charge in [0.05, 0.1) is 22.7 Å². The molecule has 1 fully saturated rings. The first-order valence-electron chi connectivity index (χ1n) is 6.52. The van der Waals surface area contributed by atoms with Gasteiger partial charge in [0.2, 0.25) is 0 Å². The highest BCUT2D eigenvalue weighted by atomic mass is 32.1. The van der Waals surface area contributed by atoms with Crippen LogP contribution >= 0.6 is 11.3 Å². The van der Waals surface area contributed by atoms with Crippen molar-refractivity contribution in [3.63, 3.8) is 0 Å². The maximum absolute atomic E-state index is 11.1. The summed E-state index contributed by atoms with van der Waals surface area (Å²) < 4.78 is 1.20. The Hall–Kier alpha value is -1.46. The standard InChI is InChI=1S/C14H16N2O2S/c17-14(18)10-4-3-7-16(8-10)9-13-15-11-5-1-2-6-12(11)19-13/h1-2,5-6,10H,3-4,7-9H2,(H,17,18)/t10-/m1/s1. The number of carboxylic acids is 1. The average Bonchev–Trinajstić information content (AvgIpc) is 2.81. The number of benzene rings is 1. The van der Waals surface area contributed by atoms with Gasteiger partial charge < -0.3 is 5.11 Å². The number of hydrogen-bond acceptors (Lipinski definition) is 4. The molecule has 3 rings (SSSR count). The number of carboxylic acid groups (broad SMARTS) is 1. The first kappa shape index (κ1) is 12.6. The number of aromatic nitrogens is 1. The maximum atomic E-state index is 11.1. The Kier molecular flexibility index (Phi) is 3.48. The Morgan fingerprint density at radius 1 is 1.47 bits per heavy atom. The molecule has 2 heterocycles. The van der Waals surface area contributed by atoms with Gasteiger partial charge in [-0.3, -0.25) is 9.69 Å². The second-order valence-corrected chi connectivity index (χ2v) is 6.10. The molecule has 0 bridgehead atoms. The van der Waals surface area contributed by atoms with E-state index in [0.29, 0.717) is 6.54 Å². The molecule has 0 radical (unpaired) electrons. The number of piperidine rings is 1. The maximum Gasteiger partial charge on any atom is 0.307 e. The van der Waals surface area contributed by atoms with Crippen LogP contribution in [0.4, 0.5) is 0 Å². The predicted octanol–water partition coefficient (Wildman–Crippen LogP) is 2.59. The zero-order valence-electron chi connectivity index (χ0n) is 10.6. The van der Waals surface area contributed by atoms with E-state index in [-0.39, 0.29) is 5.92 Å². The molecule has 1 aliphatic heterocycles. The molecule has 1 aromatic heterocycles. The summed E-state index contributed by atoms with van der Waals surface area (Å²) in [6, 6.07) is 8.11. The largest absolute Gasteiger partial charge is 0.481 e. The van der Waals surface area contributed by atoms with E-state index in [1.807, 2.05) is 18.2 Å². The summed E-state index contributed by atoms with van der Waals surface area (Å²) in [7, 11) is 0. The topological polar surface area (TPSA) is 53.4 Å². The van der Waals surface area contributed by atoms with Crippen molar-refractivity contribution in [2.45, 2.75) is 19.4 Å². The first-order valence-corrected chi connectivity index (χ1v) is 7.33. The predicted molar refractivity (Wildman–Crippen MR) is 75.3 cm³/mol. The van der Waals surface area contributed by atoms with Crippen LogP contribution in [-0.4, -0.2) is 34.0 Å². The summed E-state index contributed by atoms with van der Waals surface area (Å²) in [5.74, 6) is -0.892. The third kappa shape index (κ3) is 2.77. The minimum absolute atomic E-state index is 0.219. The molecule has 0 saturated carbocycles. The van der Waals surface area contributed by atoms with Crippen molar-refractivity contribution in [2.75, 3.05) is 13.1 Å². The van der Waals surface area contributed by atoms with Crippen LogP contribution in [0.25, 0.3) is 10.2 Å². The number of rotatable bonds is 3. The fourth-order valence-corrected chi connectivity index (χ4v) is 3.59. The average molecular weight is 276 g/mol. The molecule has 1 atom stereocenters. The van der Waals surface area contributed by atoms with Crippen LogP contribution in [0.1, 0.15) is 17.8 Å². The van der Waals surface area contributed by atoms with Gasteiger partial charge in [0.25, 0.3) is 0 Å². The van der Waals surface area contributed by atoms with Gasteiger partial charge in [-0.15, -0.1) is 11.3 Å². The van der Waals surface area contributed by atoms with E-state index >= 15 is 0 Å². The molecule has 0 amide bonds. The van der Waals surface area contributed by atoms with Gasteiger partial charge >= 0.3 is 5.97 Å². The van der Waals surface area contributed by atoms with Gasteiger partial charge in [-0.1, -0.05) is 12.1 Å². The van der Waals surface area contributed by atoms with Crippen molar-refractivity contribution in [1.29, 1.82) is 0 Å². The third-order valence-corrected chi connectivity index (χ3v) is 4.57. The van der Waals surface area contributed by atoms with Gasteiger partial charge in [-0.25, -0.2) is 4.98 Å². The molecular weight excluding hydrogens is 260 g/mol. The molecule has 5 heteroatoms. The van der Waals surface area contributed by atoms with Gasteiger partial charge in [0.1, 0.15) is 5.01 Å². The highest BCUT2D eigenvalue weighted by Gasteiger charge is 2.25. The van der Waals surface area contributed by atoms with Crippen molar-refractivity contribution < 1.29 is 9.90 Å². The van der Waals surface area contributed by atoms with Crippen molar-refractivity contribution >= 4 is 27.5 Å². The van der Waals surface area contributed by atoms with Gasteiger partial charge in [0.15, 0.2) is 0 Å². The van der Waals surface area contributed by atoms with Gasteiger partial charge in [-0.05, 0) is 31.5 Å². The van der Waals surface area contributed by atoms with E-state index in [1.54, 1.807) is 11.3 Å². The fraction of sp³-hybridized carbons (Fsp3) is 0.429. The van der Waals surface area contributed by atoms with Crippen LogP contribution in [0, 0.1) is 5.92 Å². The lowest BCUT2D eigenvalue weighted by atomic mass is 9.98. The van der Waals surface area contributed by atoms with Crippen LogP contribution in [0.2, 0.25) is 0 Å². The summed E-state index contributed by atoms with van der Waals surface area (Å²) in [4.78, 5) is 17.9. The van der Waals surface area contributed by atoms with Gasteiger partial charge in [0, 0.05) is 6.54 Å². The van der Waals surface area contributed by atoms with Crippen molar-refractivity contribution in [2.24, 2.45) is 5.92 Å². The Morgan fingerprint density at radius 3 is 3.11 bits per heavy atom. The lowest BCUT2D eigenvalue weighted by Gasteiger charge is -2.29. The number of carbonyl (C=O) groups is 1. The number of nitrogens with zero attached hydrogens (tertiary/aromatic N) is 2. The zero-order valence-corrected chi connectivity index (χ0v) is 11.4. The smallest absolute Gasteiger partial charge is 0.307 e. The highest BCUT2D eigenvalue weighted by Crippen LogP contribution is 2.24. The van der Waals surface area contributed by atoms with Crippen LogP contribution < -0.4 is 0 Å². The zero-order chi connectivity index (χ0) is 13.2. The lowest BCUT2D eigenvalue weighted by Crippen LogP contribution is -2.38. The molecule has 19 heavy (non-hydrogen) atoms. The molecule has 0 aliphatic carbocycles. The van der Waals surface area contributed by atoms with E-state index in [0.717, 1.165) is 36.5 Å². The fourth-order valence-electron chi connectivity index (χ4n) is 2.58. The summed E-state index contributed by atoms with van der Waals surface area (Å²) in [6.45, 7) is 2.38. The van der Waals surface area contributed by atoms with Crippen LogP contribution in [0.3, 0.4) is 0 Å². The van der Waals surface area contributed by atoms with E-state index in [1.165, 1.54) is 4.70 Å². The molecule has 1 aromatic carbocycles. The SMILES string of the molecule is O=C(O)[C@@H]1CCCN(Cc2nc3ccccc3s2)C1. The quantitative estimate of drug-likeness (QED) is 0.936. The molecule has 1 N–H and O–H groups in total. The minimum atomic E-state index is -0.672. The van der Waals surface area contributed by atoms with E-state index in [4.69, 9.17) is 5.11 Å². The molecule has 0 unspecified atom stereocenters. The second kappa shape index (κ2) is 5.27. The van der Waals surface area contributed by atoms with Gasteiger partial charge in [-0.2, -0.15) is 0 Å². The highest BCUT2D eigenvalue weighted by molar-refractivity contribution is 7.18. The summed E-state index contributed by atoms with van der Waals surface area (Å²) >= 11 is 1.70. The summed E-state index contributed by atoms with van der Waals surface area (Å²) in [6.07, 6.45) is 1.76. The lowest BCUT2D eigenvalue weighted by molar-refractivity contribution is -0.143. The Labute approximate surface area is 115 Å². The first-order chi connectivity index (χ1) is 9.22. The van der Waals surface area contributed by atoms with Crippen molar-refractivity contribution in [3.05, 3.63) is 29.3 Å².